The molecule has 2 saturated heterocycles. The Kier molecular flexibility index (Phi) is 3.90. The fourth-order valence-electron chi connectivity index (χ4n) is 2.07. The van der Waals surface area contributed by atoms with E-state index >= 15 is 0 Å². The number of carbonyl (C=O) groups is 2. The van der Waals surface area contributed by atoms with Gasteiger partial charge in [0.15, 0.2) is 0 Å². The molecule has 2 fully saturated rings. The first-order chi connectivity index (χ1) is 9.74. The molecule has 7 heteroatoms. The second-order valence-electron chi connectivity index (χ2n) is 4.50. The lowest BCUT2D eigenvalue weighted by Crippen LogP contribution is -2.45. The molecule has 3 rings (SSSR count). The van der Waals surface area contributed by atoms with Gasteiger partial charge in [-0.25, -0.2) is 0 Å². The Balaban J connectivity index is 1.70. The molecular weight excluding hydrogens is 280 g/mol. The number of thioether (sulfide) groups is 1. The number of hydrogen-bond acceptors (Lipinski definition) is 6. The predicted molar refractivity (Wildman–Crippen MR) is 73.8 cm³/mol. The highest BCUT2D eigenvalue weighted by molar-refractivity contribution is 8.18. The molecule has 0 N–H and O–H groups in total. The molecule has 106 valence electrons. The minimum atomic E-state index is -0.261. The van der Waals surface area contributed by atoms with Crippen molar-refractivity contribution in [2.45, 2.75) is 0 Å². The van der Waals surface area contributed by atoms with Crippen LogP contribution in [0.25, 0.3) is 6.08 Å². The van der Waals surface area contributed by atoms with Crippen LogP contribution in [0, 0.1) is 0 Å². The van der Waals surface area contributed by atoms with E-state index in [4.69, 9.17) is 9.15 Å². The number of ether oxygens (including phenoxy) is 1. The van der Waals surface area contributed by atoms with E-state index < -0.39 is 0 Å². The third-order valence-corrected chi connectivity index (χ3v) is 4.04. The summed E-state index contributed by atoms with van der Waals surface area (Å²) in [5, 5.41) is -0.237. The molecular formula is C13H14N2O4S. The van der Waals surface area contributed by atoms with Crippen molar-refractivity contribution < 1.29 is 18.7 Å². The monoisotopic (exact) mass is 294 g/mol. The average Bonchev–Trinajstić information content (AvgIpc) is 3.05. The Labute approximate surface area is 120 Å². The SMILES string of the molecule is O=C1SC(=Cc2ccco2)C(=O)N1CN1CCOCC1. The van der Waals surface area contributed by atoms with Gasteiger partial charge in [-0.3, -0.25) is 19.4 Å². The van der Waals surface area contributed by atoms with E-state index in [1.807, 2.05) is 4.90 Å². The van der Waals surface area contributed by atoms with Crippen LogP contribution in [0.2, 0.25) is 0 Å². The van der Waals surface area contributed by atoms with Crippen molar-refractivity contribution >= 4 is 29.0 Å². The second kappa shape index (κ2) is 5.82. The first-order valence-corrected chi connectivity index (χ1v) is 7.14. The lowest BCUT2D eigenvalue weighted by molar-refractivity contribution is -0.125. The molecule has 20 heavy (non-hydrogen) atoms. The van der Waals surface area contributed by atoms with E-state index in [-0.39, 0.29) is 11.1 Å². The van der Waals surface area contributed by atoms with Gasteiger partial charge in [0.25, 0.3) is 11.1 Å². The Morgan fingerprint density at radius 1 is 1.30 bits per heavy atom. The molecule has 6 nitrogen and oxygen atoms in total. The maximum atomic E-state index is 12.2. The number of hydrogen-bond donors (Lipinski definition) is 0. The summed E-state index contributed by atoms with van der Waals surface area (Å²) in [6, 6.07) is 3.49. The molecule has 0 radical (unpaired) electrons. The minimum Gasteiger partial charge on any atom is -0.465 e. The molecule has 0 unspecified atom stereocenters. The van der Waals surface area contributed by atoms with E-state index in [1.165, 1.54) is 11.2 Å². The molecule has 1 aromatic heterocycles. The second-order valence-corrected chi connectivity index (χ2v) is 5.49. The molecule has 3 heterocycles. The van der Waals surface area contributed by atoms with Gasteiger partial charge in [-0.1, -0.05) is 0 Å². The van der Waals surface area contributed by atoms with Gasteiger partial charge in [0, 0.05) is 19.2 Å². The molecule has 0 aliphatic carbocycles. The van der Waals surface area contributed by atoms with Gasteiger partial charge >= 0.3 is 0 Å². The third kappa shape index (κ3) is 2.79. The molecule has 0 aromatic carbocycles. The molecule has 2 aliphatic rings. The quantitative estimate of drug-likeness (QED) is 0.789. The zero-order valence-corrected chi connectivity index (χ0v) is 11.6. The maximum absolute atomic E-state index is 12.2. The smallest absolute Gasteiger partial charge is 0.294 e. The summed E-state index contributed by atoms with van der Waals surface area (Å²) >= 11 is 0.949. The largest absolute Gasteiger partial charge is 0.465 e. The van der Waals surface area contributed by atoms with Crippen molar-refractivity contribution in [2.24, 2.45) is 0 Å². The van der Waals surface area contributed by atoms with E-state index in [9.17, 15) is 9.59 Å². The van der Waals surface area contributed by atoms with Gasteiger partial charge in [0.05, 0.1) is 31.1 Å². The molecule has 1 aromatic rings. The molecule has 0 saturated carbocycles. The highest BCUT2D eigenvalue weighted by atomic mass is 32.2. The van der Waals surface area contributed by atoms with E-state index in [0.717, 1.165) is 24.9 Å². The normalized spacial score (nSPS) is 23.0. The standard InChI is InChI=1S/C13H14N2O4S/c16-12-11(8-10-2-1-5-19-10)20-13(17)15(12)9-14-3-6-18-7-4-14/h1-2,5,8H,3-4,6-7,9H2. The topological polar surface area (TPSA) is 63.0 Å². The van der Waals surface area contributed by atoms with Crippen LogP contribution in [0.15, 0.2) is 27.7 Å². The van der Waals surface area contributed by atoms with Crippen LogP contribution in [-0.4, -0.2) is 53.9 Å². The summed E-state index contributed by atoms with van der Waals surface area (Å²) in [5.41, 5.74) is 0. The van der Waals surface area contributed by atoms with Gasteiger partial charge < -0.3 is 9.15 Å². The van der Waals surface area contributed by atoms with Gasteiger partial charge in [-0.15, -0.1) is 0 Å². The van der Waals surface area contributed by atoms with Crippen LogP contribution in [0.4, 0.5) is 4.79 Å². The predicted octanol–water partition coefficient (Wildman–Crippen LogP) is 1.61. The van der Waals surface area contributed by atoms with Gasteiger partial charge in [0.2, 0.25) is 0 Å². The Morgan fingerprint density at radius 2 is 2.10 bits per heavy atom. The van der Waals surface area contributed by atoms with E-state index in [1.54, 1.807) is 18.2 Å². The lowest BCUT2D eigenvalue weighted by atomic mass is 10.3. The molecule has 0 spiro atoms. The summed E-state index contributed by atoms with van der Waals surface area (Å²) in [5.74, 6) is 0.310. The summed E-state index contributed by atoms with van der Waals surface area (Å²) in [4.78, 5) is 27.9. The highest BCUT2D eigenvalue weighted by Crippen LogP contribution is 2.32. The van der Waals surface area contributed by atoms with Crippen LogP contribution < -0.4 is 0 Å². The fraction of sp³-hybridized carbons (Fsp3) is 0.385. The maximum Gasteiger partial charge on any atom is 0.294 e. The first kappa shape index (κ1) is 13.4. The van der Waals surface area contributed by atoms with Crippen LogP contribution in [0.5, 0.6) is 0 Å². The number of rotatable bonds is 3. The lowest BCUT2D eigenvalue weighted by Gasteiger charge is -2.29. The number of nitrogens with zero attached hydrogens (tertiary/aromatic N) is 2. The van der Waals surface area contributed by atoms with Crippen LogP contribution >= 0.6 is 11.8 Å². The summed E-state index contributed by atoms with van der Waals surface area (Å²) in [7, 11) is 0. The Bertz CT molecular complexity index is 535. The van der Waals surface area contributed by atoms with Crippen LogP contribution in [0.1, 0.15) is 5.76 Å². The van der Waals surface area contributed by atoms with Gasteiger partial charge in [-0.05, 0) is 23.9 Å². The minimum absolute atomic E-state index is 0.237. The van der Waals surface area contributed by atoms with Crippen molar-refractivity contribution in [1.29, 1.82) is 0 Å². The van der Waals surface area contributed by atoms with E-state index in [2.05, 4.69) is 0 Å². The van der Waals surface area contributed by atoms with Crippen molar-refractivity contribution in [3.63, 3.8) is 0 Å². The zero-order valence-electron chi connectivity index (χ0n) is 10.8. The summed E-state index contributed by atoms with van der Waals surface area (Å²) in [6.07, 6.45) is 3.13. The Morgan fingerprint density at radius 3 is 2.80 bits per heavy atom. The van der Waals surface area contributed by atoms with Gasteiger partial charge in [0.1, 0.15) is 5.76 Å². The third-order valence-electron chi connectivity index (χ3n) is 3.14. The van der Waals surface area contributed by atoms with Crippen LogP contribution in [0.3, 0.4) is 0 Å². The number of imide groups is 1. The number of furan rings is 1. The highest BCUT2D eigenvalue weighted by Gasteiger charge is 2.36. The number of carbonyl (C=O) groups excluding carboxylic acids is 2. The first-order valence-electron chi connectivity index (χ1n) is 6.33. The van der Waals surface area contributed by atoms with Crippen molar-refractivity contribution in [2.75, 3.05) is 33.0 Å². The van der Waals surface area contributed by atoms with Crippen molar-refractivity contribution in [3.05, 3.63) is 29.1 Å². The van der Waals surface area contributed by atoms with Crippen molar-refractivity contribution in [3.8, 4) is 0 Å². The van der Waals surface area contributed by atoms with Crippen molar-refractivity contribution in [1.82, 2.24) is 9.80 Å². The summed E-state index contributed by atoms with van der Waals surface area (Å²) in [6.45, 7) is 3.07. The molecule has 2 aliphatic heterocycles. The molecule has 0 atom stereocenters. The van der Waals surface area contributed by atoms with Crippen LogP contribution in [-0.2, 0) is 9.53 Å². The zero-order chi connectivity index (χ0) is 13.9. The molecule has 2 amide bonds. The molecule has 0 bridgehead atoms. The number of amides is 2. The van der Waals surface area contributed by atoms with E-state index in [0.29, 0.717) is 30.5 Å². The Hall–Kier alpha value is -1.57. The number of morpholine rings is 1. The summed E-state index contributed by atoms with van der Waals surface area (Å²) < 4.78 is 10.4. The van der Waals surface area contributed by atoms with Gasteiger partial charge in [-0.2, -0.15) is 0 Å². The fourth-order valence-corrected chi connectivity index (χ4v) is 2.88. The average molecular weight is 294 g/mol.